The SMILES string of the molecule is O=C(O)CN(C(=O)CSc1ccccc1)C1CC1. The maximum absolute atomic E-state index is 12.0. The zero-order chi connectivity index (χ0) is 13.0. The minimum absolute atomic E-state index is 0.0891. The molecule has 5 heteroatoms. The molecule has 18 heavy (non-hydrogen) atoms. The van der Waals surface area contributed by atoms with Crippen molar-refractivity contribution in [1.29, 1.82) is 0 Å². The van der Waals surface area contributed by atoms with Crippen LogP contribution in [0.2, 0.25) is 0 Å². The Morgan fingerprint density at radius 1 is 1.28 bits per heavy atom. The number of amides is 1. The molecule has 0 heterocycles. The minimum Gasteiger partial charge on any atom is -0.480 e. The maximum atomic E-state index is 12.0. The average Bonchev–Trinajstić information content (AvgIpc) is 3.18. The van der Waals surface area contributed by atoms with E-state index in [1.807, 2.05) is 30.3 Å². The molecule has 1 amide bonds. The molecule has 1 aromatic rings. The van der Waals surface area contributed by atoms with Crippen LogP contribution in [-0.4, -0.2) is 40.2 Å². The number of nitrogens with zero attached hydrogens (tertiary/aromatic N) is 1. The van der Waals surface area contributed by atoms with Crippen LogP contribution in [0.25, 0.3) is 0 Å². The Morgan fingerprint density at radius 2 is 1.94 bits per heavy atom. The number of benzene rings is 1. The minimum atomic E-state index is -0.944. The number of carbonyl (C=O) groups excluding carboxylic acids is 1. The largest absolute Gasteiger partial charge is 0.480 e. The van der Waals surface area contributed by atoms with Gasteiger partial charge in [-0.2, -0.15) is 0 Å². The van der Waals surface area contributed by atoms with E-state index in [9.17, 15) is 9.59 Å². The predicted octanol–water partition coefficient (Wildman–Crippen LogP) is 1.85. The fraction of sp³-hybridized carbons (Fsp3) is 0.385. The van der Waals surface area contributed by atoms with Crippen molar-refractivity contribution in [1.82, 2.24) is 4.90 Å². The maximum Gasteiger partial charge on any atom is 0.323 e. The molecule has 0 bridgehead atoms. The van der Waals surface area contributed by atoms with E-state index in [0.717, 1.165) is 17.7 Å². The summed E-state index contributed by atoms with van der Waals surface area (Å²) in [5.41, 5.74) is 0. The lowest BCUT2D eigenvalue weighted by Crippen LogP contribution is -2.38. The van der Waals surface area contributed by atoms with Crippen LogP contribution in [0, 0.1) is 0 Å². The van der Waals surface area contributed by atoms with Crippen molar-refractivity contribution in [2.24, 2.45) is 0 Å². The van der Waals surface area contributed by atoms with E-state index in [-0.39, 0.29) is 18.5 Å². The van der Waals surface area contributed by atoms with E-state index < -0.39 is 5.97 Å². The highest BCUT2D eigenvalue weighted by molar-refractivity contribution is 8.00. The fourth-order valence-corrected chi connectivity index (χ4v) is 2.50. The van der Waals surface area contributed by atoms with Crippen molar-refractivity contribution in [3.05, 3.63) is 30.3 Å². The van der Waals surface area contributed by atoms with Gasteiger partial charge in [-0.1, -0.05) is 18.2 Å². The van der Waals surface area contributed by atoms with Crippen LogP contribution in [0.15, 0.2) is 35.2 Å². The van der Waals surface area contributed by atoms with Gasteiger partial charge in [0.25, 0.3) is 0 Å². The van der Waals surface area contributed by atoms with Crippen LogP contribution in [-0.2, 0) is 9.59 Å². The van der Waals surface area contributed by atoms with Crippen LogP contribution < -0.4 is 0 Å². The summed E-state index contributed by atoms with van der Waals surface area (Å²) in [4.78, 5) is 25.2. The van der Waals surface area contributed by atoms with Gasteiger partial charge < -0.3 is 10.0 Å². The van der Waals surface area contributed by atoms with Crippen molar-refractivity contribution in [3.8, 4) is 0 Å². The third-order valence-corrected chi connectivity index (χ3v) is 3.72. The Balaban J connectivity index is 1.87. The van der Waals surface area contributed by atoms with E-state index in [1.54, 1.807) is 0 Å². The zero-order valence-electron chi connectivity index (χ0n) is 9.91. The third kappa shape index (κ3) is 3.77. The number of rotatable bonds is 6. The van der Waals surface area contributed by atoms with Gasteiger partial charge in [-0.25, -0.2) is 0 Å². The lowest BCUT2D eigenvalue weighted by molar-refractivity contribution is -0.143. The van der Waals surface area contributed by atoms with Crippen molar-refractivity contribution >= 4 is 23.6 Å². The summed E-state index contributed by atoms with van der Waals surface area (Å²) in [5.74, 6) is -0.734. The number of carbonyl (C=O) groups is 2. The first-order valence-corrected chi connectivity index (χ1v) is 6.84. The summed E-state index contributed by atoms with van der Waals surface area (Å²) in [5, 5.41) is 8.79. The summed E-state index contributed by atoms with van der Waals surface area (Å²) in [6.07, 6.45) is 1.85. The Bertz CT molecular complexity index is 431. The molecule has 0 saturated heterocycles. The topological polar surface area (TPSA) is 57.6 Å². The van der Waals surface area contributed by atoms with Crippen LogP contribution in [0.3, 0.4) is 0 Å². The summed E-state index contributed by atoms with van der Waals surface area (Å²) in [7, 11) is 0. The summed E-state index contributed by atoms with van der Waals surface area (Å²) >= 11 is 1.44. The first-order valence-electron chi connectivity index (χ1n) is 5.86. The van der Waals surface area contributed by atoms with Crippen LogP contribution >= 0.6 is 11.8 Å². The molecule has 1 saturated carbocycles. The quantitative estimate of drug-likeness (QED) is 0.798. The van der Waals surface area contributed by atoms with E-state index >= 15 is 0 Å². The highest BCUT2D eigenvalue weighted by Crippen LogP contribution is 2.28. The Labute approximate surface area is 110 Å². The second-order valence-electron chi connectivity index (χ2n) is 4.25. The molecule has 0 atom stereocenters. The van der Waals surface area contributed by atoms with Crippen LogP contribution in [0.1, 0.15) is 12.8 Å². The van der Waals surface area contributed by atoms with Crippen molar-refractivity contribution in [3.63, 3.8) is 0 Å². The van der Waals surface area contributed by atoms with Gasteiger partial charge in [0.05, 0.1) is 5.75 Å². The summed E-state index contributed by atoms with van der Waals surface area (Å²) < 4.78 is 0. The molecule has 1 aliphatic carbocycles. The first-order chi connectivity index (χ1) is 8.66. The molecule has 96 valence electrons. The normalized spacial score (nSPS) is 14.2. The number of thioether (sulfide) groups is 1. The molecular weight excluding hydrogens is 250 g/mol. The molecule has 0 spiro atoms. The van der Waals surface area contributed by atoms with Gasteiger partial charge in [0, 0.05) is 10.9 Å². The molecule has 0 aromatic heterocycles. The van der Waals surface area contributed by atoms with E-state index in [1.165, 1.54) is 16.7 Å². The Morgan fingerprint density at radius 3 is 2.50 bits per heavy atom. The van der Waals surface area contributed by atoms with Gasteiger partial charge in [0.2, 0.25) is 5.91 Å². The number of aliphatic carboxylic acids is 1. The van der Waals surface area contributed by atoms with Gasteiger partial charge in [-0.05, 0) is 25.0 Å². The van der Waals surface area contributed by atoms with Gasteiger partial charge in [0.1, 0.15) is 6.54 Å². The molecule has 1 aliphatic rings. The number of carboxylic acids is 1. The van der Waals surface area contributed by atoms with Crippen molar-refractivity contribution in [2.45, 2.75) is 23.8 Å². The lowest BCUT2D eigenvalue weighted by atomic mass is 10.4. The molecule has 1 N–H and O–H groups in total. The van der Waals surface area contributed by atoms with Crippen molar-refractivity contribution < 1.29 is 14.7 Å². The van der Waals surface area contributed by atoms with Gasteiger partial charge >= 0.3 is 5.97 Å². The number of hydrogen-bond donors (Lipinski definition) is 1. The van der Waals surface area contributed by atoms with Gasteiger partial charge in [0.15, 0.2) is 0 Å². The first kappa shape index (κ1) is 13.0. The molecule has 4 nitrogen and oxygen atoms in total. The molecular formula is C13H15NO3S. The Kier molecular flexibility index (Phi) is 4.25. The highest BCUT2D eigenvalue weighted by Gasteiger charge is 2.33. The van der Waals surface area contributed by atoms with Crippen LogP contribution in [0.4, 0.5) is 0 Å². The van der Waals surface area contributed by atoms with E-state index in [0.29, 0.717) is 5.75 Å². The summed E-state index contributed by atoms with van der Waals surface area (Å²) in [6.45, 7) is -0.182. The fourth-order valence-electron chi connectivity index (χ4n) is 1.70. The molecule has 0 aliphatic heterocycles. The third-order valence-electron chi connectivity index (χ3n) is 2.72. The van der Waals surface area contributed by atoms with Gasteiger partial charge in [-0.15, -0.1) is 11.8 Å². The molecule has 0 unspecified atom stereocenters. The molecule has 1 fully saturated rings. The second kappa shape index (κ2) is 5.91. The zero-order valence-corrected chi connectivity index (χ0v) is 10.7. The number of hydrogen-bond acceptors (Lipinski definition) is 3. The van der Waals surface area contributed by atoms with E-state index in [2.05, 4.69) is 0 Å². The van der Waals surface area contributed by atoms with Crippen molar-refractivity contribution in [2.75, 3.05) is 12.3 Å². The predicted molar refractivity (Wildman–Crippen MR) is 69.5 cm³/mol. The Hall–Kier alpha value is -1.49. The monoisotopic (exact) mass is 265 g/mol. The molecule has 1 aromatic carbocycles. The highest BCUT2D eigenvalue weighted by atomic mass is 32.2. The molecule has 2 rings (SSSR count). The smallest absolute Gasteiger partial charge is 0.323 e. The van der Waals surface area contributed by atoms with E-state index in [4.69, 9.17) is 5.11 Å². The van der Waals surface area contributed by atoms with Gasteiger partial charge in [-0.3, -0.25) is 9.59 Å². The lowest BCUT2D eigenvalue weighted by Gasteiger charge is -2.19. The second-order valence-corrected chi connectivity index (χ2v) is 5.30. The van der Waals surface area contributed by atoms with Crippen LogP contribution in [0.5, 0.6) is 0 Å². The standard InChI is InChI=1S/C13H15NO3S/c15-12(9-18-11-4-2-1-3-5-11)14(8-13(16)17)10-6-7-10/h1-5,10H,6-9H2,(H,16,17). The molecule has 0 radical (unpaired) electrons. The number of carboxylic acid groups (broad SMARTS) is 1. The summed E-state index contributed by atoms with van der Waals surface area (Å²) in [6, 6.07) is 9.79. The average molecular weight is 265 g/mol.